The number of halogens is 2. The Balaban J connectivity index is 3.21. The molecule has 0 aromatic carbocycles. The zero-order valence-corrected chi connectivity index (χ0v) is 11.3. The summed E-state index contributed by atoms with van der Waals surface area (Å²) in [6.45, 7) is 4.50. The fourth-order valence-electron chi connectivity index (χ4n) is 1.72. The summed E-state index contributed by atoms with van der Waals surface area (Å²) in [6, 6.07) is 0. The Kier molecular flexibility index (Phi) is 4.99. The highest BCUT2D eigenvalue weighted by atomic mass is 19.3. The number of aliphatic hydroxyl groups is 1. The van der Waals surface area contributed by atoms with E-state index < -0.39 is 24.1 Å². The Morgan fingerprint density at radius 1 is 1.47 bits per heavy atom. The first-order chi connectivity index (χ1) is 8.77. The molecule has 0 radical (unpaired) electrons. The van der Waals surface area contributed by atoms with Gasteiger partial charge in [-0.3, -0.25) is 4.79 Å². The second-order valence-corrected chi connectivity index (χ2v) is 5.16. The van der Waals surface area contributed by atoms with Crippen LogP contribution in [0.3, 0.4) is 0 Å². The van der Waals surface area contributed by atoms with Gasteiger partial charge in [-0.2, -0.15) is 0 Å². The van der Waals surface area contributed by atoms with Crippen LogP contribution < -0.4 is 10.5 Å². The Labute approximate surface area is 110 Å². The molecule has 0 fully saturated rings. The van der Waals surface area contributed by atoms with Gasteiger partial charge in [0.05, 0.1) is 13.2 Å². The molecule has 0 aliphatic carbocycles. The smallest absolute Gasteiger partial charge is 0.293 e. The van der Waals surface area contributed by atoms with Crippen LogP contribution in [0.15, 0.2) is 17.2 Å². The average molecular weight is 275 g/mol. The van der Waals surface area contributed by atoms with Gasteiger partial charge in [-0.15, -0.1) is 0 Å². The lowest BCUT2D eigenvalue weighted by molar-refractivity contribution is 0.152. The number of alkyl halides is 2. The van der Waals surface area contributed by atoms with Crippen LogP contribution in [-0.4, -0.2) is 40.8 Å². The molecule has 0 spiro atoms. The van der Waals surface area contributed by atoms with E-state index in [4.69, 9.17) is 5.11 Å². The molecule has 0 aliphatic rings. The summed E-state index contributed by atoms with van der Waals surface area (Å²) < 4.78 is 26.4. The second kappa shape index (κ2) is 6.10. The van der Waals surface area contributed by atoms with E-state index >= 15 is 0 Å². The van der Waals surface area contributed by atoms with Gasteiger partial charge in [0.1, 0.15) is 0 Å². The minimum absolute atomic E-state index is 0.0548. The molecule has 0 aliphatic heterocycles. The molecule has 108 valence electrons. The third-order valence-electron chi connectivity index (χ3n) is 2.57. The molecule has 7 heteroatoms. The van der Waals surface area contributed by atoms with Crippen LogP contribution in [0, 0.1) is 0 Å². The summed E-state index contributed by atoms with van der Waals surface area (Å²) in [6.07, 6.45) is 0.319. The third kappa shape index (κ3) is 3.99. The predicted molar refractivity (Wildman–Crippen MR) is 68.8 cm³/mol. The summed E-state index contributed by atoms with van der Waals surface area (Å²) in [5.41, 5.74) is -0.908. The lowest BCUT2D eigenvalue weighted by Gasteiger charge is -2.26. The monoisotopic (exact) mass is 275 g/mol. The van der Waals surface area contributed by atoms with Gasteiger partial charge in [-0.1, -0.05) is 0 Å². The third-order valence-corrected chi connectivity index (χ3v) is 2.57. The van der Waals surface area contributed by atoms with Crippen molar-refractivity contribution < 1.29 is 13.9 Å². The van der Waals surface area contributed by atoms with Gasteiger partial charge >= 0.3 is 0 Å². The molecule has 1 aromatic rings. The highest BCUT2D eigenvalue weighted by molar-refractivity contribution is 5.36. The number of hydrogen-bond donors (Lipinski definition) is 1. The molecule has 1 heterocycles. The van der Waals surface area contributed by atoms with Gasteiger partial charge in [-0.25, -0.2) is 13.8 Å². The van der Waals surface area contributed by atoms with E-state index in [-0.39, 0.29) is 19.0 Å². The van der Waals surface area contributed by atoms with Crippen LogP contribution in [0.4, 0.5) is 14.6 Å². The topological polar surface area (TPSA) is 58.4 Å². The molecule has 0 saturated carbocycles. The van der Waals surface area contributed by atoms with Crippen LogP contribution in [-0.2, 0) is 5.54 Å². The molecular formula is C12H19F2N3O2. The van der Waals surface area contributed by atoms with E-state index in [2.05, 4.69) is 4.98 Å². The van der Waals surface area contributed by atoms with Crippen LogP contribution in [0.2, 0.25) is 0 Å². The SMILES string of the molecule is CC(C)(C)n1ccnc(N(CCO)CC(F)F)c1=O. The summed E-state index contributed by atoms with van der Waals surface area (Å²) in [5.74, 6) is -0.0632. The average Bonchev–Trinajstić information content (AvgIpc) is 2.26. The van der Waals surface area contributed by atoms with E-state index in [0.29, 0.717) is 0 Å². The van der Waals surface area contributed by atoms with Crippen molar-refractivity contribution >= 4 is 5.82 Å². The summed E-state index contributed by atoms with van der Waals surface area (Å²) in [4.78, 5) is 17.2. The zero-order valence-electron chi connectivity index (χ0n) is 11.3. The molecule has 19 heavy (non-hydrogen) atoms. The minimum atomic E-state index is -2.60. The van der Waals surface area contributed by atoms with Crippen LogP contribution in [0.5, 0.6) is 0 Å². The quantitative estimate of drug-likeness (QED) is 0.873. The number of anilines is 1. The van der Waals surface area contributed by atoms with E-state index in [1.807, 2.05) is 20.8 Å². The van der Waals surface area contributed by atoms with Crippen molar-refractivity contribution in [3.63, 3.8) is 0 Å². The maximum Gasteiger partial charge on any atom is 0.293 e. The standard InChI is InChI=1S/C12H19F2N3O2/c1-12(2,3)17-5-4-15-10(11(17)19)16(6-7-18)8-9(13)14/h4-5,9,18H,6-8H2,1-3H3. The van der Waals surface area contributed by atoms with Crippen molar-refractivity contribution in [3.05, 3.63) is 22.7 Å². The first-order valence-electron chi connectivity index (χ1n) is 5.99. The van der Waals surface area contributed by atoms with Gasteiger partial charge in [0.25, 0.3) is 12.0 Å². The van der Waals surface area contributed by atoms with Crippen LogP contribution >= 0.6 is 0 Å². The van der Waals surface area contributed by atoms with Crippen LogP contribution in [0.1, 0.15) is 20.8 Å². The zero-order chi connectivity index (χ0) is 14.6. The number of hydrogen-bond acceptors (Lipinski definition) is 4. The van der Waals surface area contributed by atoms with E-state index in [0.717, 1.165) is 4.90 Å². The van der Waals surface area contributed by atoms with Crippen molar-refractivity contribution in [3.8, 4) is 0 Å². The van der Waals surface area contributed by atoms with Crippen molar-refractivity contribution in [2.45, 2.75) is 32.7 Å². The van der Waals surface area contributed by atoms with Crippen molar-refractivity contribution in [2.75, 3.05) is 24.6 Å². The number of aliphatic hydroxyl groups excluding tert-OH is 1. The van der Waals surface area contributed by atoms with Gasteiger partial charge in [-0.05, 0) is 20.8 Å². The predicted octanol–water partition coefficient (Wildman–Crippen LogP) is 1.06. The fraction of sp³-hybridized carbons (Fsp3) is 0.667. The number of rotatable bonds is 5. The molecule has 1 N–H and O–H groups in total. The first-order valence-corrected chi connectivity index (χ1v) is 5.99. The van der Waals surface area contributed by atoms with E-state index in [1.165, 1.54) is 17.0 Å². The van der Waals surface area contributed by atoms with Gasteiger partial charge in [0.2, 0.25) is 0 Å². The molecule has 0 atom stereocenters. The molecule has 0 unspecified atom stereocenters. The number of aromatic nitrogens is 2. The molecular weight excluding hydrogens is 256 g/mol. The molecule has 0 saturated heterocycles. The lowest BCUT2D eigenvalue weighted by Crippen LogP contribution is -2.41. The first kappa shape index (κ1) is 15.6. The highest BCUT2D eigenvalue weighted by Crippen LogP contribution is 2.13. The molecule has 1 rings (SSSR count). The minimum Gasteiger partial charge on any atom is -0.395 e. The van der Waals surface area contributed by atoms with Gasteiger partial charge in [0.15, 0.2) is 5.82 Å². The molecule has 0 bridgehead atoms. The maximum absolute atomic E-state index is 12.5. The molecule has 0 amide bonds. The Morgan fingerprint density at radius 2 is 2.11 bits per heavy atom. The summed E-state index contributed by atoms with van der Waals surface area (Å²) in [5, 5.41) is 8.91. The molecule has 1 aromatic heterocycles. The lowest BCUT2D eigenvalue weighted by atomic mass is 10.1. The van der Waals surface area contributed by atoms with E-state index in [1.54, 1.807) is 0 Å². The number of nitrogens with zero attached hydrogens (tertiary/aromatic N) is 3. The van der Waals surface area contributed by atoms with Crippen molar-refractivity contribution in [1.82, 2.24) is 9.55 Å². The van der Waals surface area contributed by atoms with Gasteiger partial charge < -0.3 is 14.6 Å². The molecule has 5 nitrogen and oxygen atoms in total. The second-order valence-electron chi connectivity index (χ2n) is 5.16. The van der Waals surface area contributed by atoms with Gasteiger partial charge in [0, 0.05) is 24.5 Å². The fourth-order valence-corrected chi connectivity index (χ4v) is 1.72. The maximum atomic E-state index is 12.5. The van der Waals surface area contributed by atoms with Crippen molar-refractivity contribution in [2.24, 2.45) is 0 Å². The summed E-state index contributed by atoms with van der Waals surface area (Å²) >= 11 is 0. The Bertz CT molecular complexity index is 469. The Morgan fingerprint density at radius 3 is 2.58 bits per heavy atom. The normalized spacial score (nSPS) is 11.9. The van der Waals surface area contributed by atoms with Crippen LogP contribution in [0.25, 0.3) is 0 Å². The largest absolute Gasteiger partial charge is 0.395 e. The van der Waals surface area contributed by atoms with Crippen molar-refractivity contribution in [1.29, 1.82) is 0 Å². The Hall–Kier alpha value is -1.50. The van der Waals surface area contributed by atoms with E-state index in [9.17, 15) is 13.6 Å². The highest BCUT2D eigenvalue weighted by Gasteiger charge is 2.21. The summed E-state index contributed by atoms with van der Waals surface area (Å²) in [7, 11) is 0.